The van der Waals surface area contributed by atoms with E-state index in [2.05, 4.69) is 20.5 Å². The van der Waals surface area contributed by atoms with E-state index in [1.165, 1.54) is 0 Å². The molecule has 1 heterocycles. The first kappa shape index (κ1) is 16.9. The van der Waals surface area contributed by atoms with Gasteiger partial charge in [0.25, 0.3) is 5.56 Å². The van der Waals surface area contributed by atoms with Crippen LogP contribution in [0.1, 0.15) is 29.6 Å². The number of amides is 1. The van der Waals surface area contributed by atoms with Gasteiger partial charge in [-0.15, -0.1) is 0 Å². The number of benzene rings is 1. The second kappa shape index (κ2) is 7.19. The predicted molar refractivity (Wildman–Crippen MR) is 89.8 cm³/mol. The molecule has 6 nitrogen and oxygen atoms in total. The molecule has 0 fully saturated rings. The topological polar surface area (TPSA) is 87.2 Å². The smallest absolute Gasteiger partial charge is 0.254 e. The van der Waals surface area contributed by atoms with Crippen LogP contribution in [-0.2, 0) is 11.2 Å². The number of hydrogen-bond acceptors (Lipinski definition) is 4. The summed E-state index contributed by atoms with van der Waals surface area (Å²) < 4.78 is 0. The fourth-order valence-corrected chi connectivity index (χ4v) is 2.19. The lowest BCUT2D eigenvalue weighted by atomic mass is 10.1. The zero-order valence-corrected chi connectivity index (χ0v) is 13.9. The second-order valence-electron chi connectivity index (χ2n) is 5.13. The molecule has 0 unspecified atom stereocenters. The van der Waals surface area contributed by atoms with Gasteiger partial charge in [0.15, 0.2) is 0 Å². The Kier molecular flexibility index (Phi) is 5.28. The van der Waals surface area contributed by atoms with E-state index in [0.717, 1.165) is 5.56 Å². The molecule has 2 aromatic rings. The van der Waals surface area contributed by atoms with Crippen molar-refractivity contribution < 1.29 is 4.79 Å². The van der Waals surface area contributed by atoms with Crippen LogP contribution in [0.4, 0.5) is 0 Å². The predicted octanol–water partition coefficient (Wildman–Crippen LogP) is 2.12. The molecule has 0 bridgehead atoms. The van der Waals surface area contributed by atoms with Crippen molar-refractivity contribution in [1.29, 1.82) is 0 Å². The van der Waals surface area contributed by atoms with Crippen LogP contribution in [0.2, 0.25) is 5.02 Å². The molecule has 0 saturated carbocycles. The van der Waals surface area contributed by atoms with Crippen molar-refractivity contribution in [3.8, 4) is 0 Å². The molecule has 120 valence electrons. The number of carbonyl (C=O) groups is 1. The normalized spacial score (nSPS) is 11.4. The number of aryl methyl sites for hydroxylation is 2. The minimum atomic E-state index is -0.377. The van der Waals surface area contributed by atoms with Crippen LogP contribution in [-0.4, -0.2) is 21.6 Å². The Hall–Kier alpha value is -2.47. The number of carbonyl (C=O) groups excluding carboxylic acids is 1. The Morgan fingerprint density at radius 3 is 2.57 bits per heavy atom. The number of nitrogens with zero attached hydrogens (tertiary/aromatic N) is 2. The number of halogens is 1. The summed E-state index contributed by atoms with van der Waals surface area (Å²) >= 11 is 5.83. The van der Waals surface area contributed by atoms with Gasteiger partial charge in [-0.05, 0) is 38.5 Å². The maximum atomic E-state index is 12.0. The Bertz CT molecular complexity index is 810. The minimum absolute atomic E-state index is 0.0775. The van der Waals surface area contributed by atoms with Gasteiger partial charge in [0, 0.05) is 16.3 Å². The number of rotatable bonds is 4. The molecular formula is C16H17ClN4O2. The quantitative estimate of drug-likeness (QED) is 0.664. The Morgan fingerprint density at radius 2 is 1.96 bits per heavy atom. The summed E-state index contributed by atoms with van der Waals surface area (Å²) in [7, 11) is 0. The summed E-state index contributed by atoms with van der Waals surface area (Å²) in [6.45, 7) is 5.17. The Balaban J connectivity index is 2.07. The average molecular weight is 333 g/mol. The number of hydrazone groups is 1. The van der Waals surface area contributed by atoms with Crippen LogP contribution >= 0.6 is 11.6 Å². The van der Waals surface area contributed by atoms with Gasteiger partial charge in [0.2, 0.25) is 5.91 Å². The lowest BCUT2D eigenvalue weighted by Crippen LogP contribution is -2.27. The van der Waals surface area contributed by atoms with E-state index in [1.807, 2.05) is 12.1 Å². The fourth-order valence-electron chi connectivity index (χ4n) is 2.06. The van der Waals surface area contributed by atoms with Crippen LogP contribution in [0, 0.1) is 13.8 Å². The van der Waals surface area contributed by atoms with Gasteiger partial charge < -0.3 is 4.98 Å². The molecule has 0 spiro atoms. The van der Waals surface area contributed by atoms with Gasteiger partial charge >= 0.3 is 0 Å². The molecule has 1 amide bonds. The first-order chi connectivity index (χ1) is 10.9. The lowest BCUT2D eigenvalue weighted by Gasteiger charge is -2.05. The largest absolute Gasteiger partial charge is 0.311 e. The third-order valence-corrected chi connectivity index (χ3v) is 3.54. The monoisotopic (exact) mass is 332 g/mol. The summed E-state index contributed by atoms with van der Waals surface area (Å²) in [6, 6.07) is 7.12. The fraction of sp³-hybridized carbons (Fsp3) is 0.250. The highest BCUT2D eigenvalue weighted by atomic mass is 35.5. The zero-order chi connectivity index (χ0) is 17.0. The molecule has 1 aromatic carbocycles. The first-order valence-electron chi connectivity index (χ1n) is 7.02. The lowest BCUT2D eigenvalue weighted by molar-refractivity contribution is -0.120. The summed E-state index contributed by atoms with van der Waals surface area (Å²) in [5.41, 5.74) is 4.52. The van der Waals surface area contributed by atoms with Crippen molar-refractivity contribution in [3.05, 3.63) is 62.3 Å². The van der Waals surface area contributed by atoms with Crippen molar-refractivity contribution in [3.63, 3.8) is 0 Å². The molecule has 2 rings (SSSR count). The van der Waals surface area contributed by atoms with E-state index < -0.39 is 0 Å². The highest BCUT2D eigenvalue weighted by molar-refractivity contribution is 6.30. The molecule has 0 saturated heterocycles. The van der Waals surface area contributed by atoms with Crippen molar-refractivity contribution in [2.24, 2.45) is 5.10 Å². The number of H-pyrrole nitrogens is 1. The number of aromatic amines is 1. The van der Waals surface area contributed by atoms with Crippen LogP contribution in [0.15, 0.2) is 34.2 Å². The molecule has 0 aliphatic heterocycles. The van der Waals surface area contributed by atoms with Gasteiger partial charge in [-0.3, -0.25) is 9.59 Å². The third-order valence-electron chi connectivity index (χ3n) is 3.29. The molecule has 1 aromatic heterocycles. The van der Waals surface area contributed by atoms with Gasteiger partial charge in [-0.25, -0.2) is 10.4 Å². The second-order valence-corrected chi connectivity index (χ2v) is 5.57. The highest BCUT2D eigenvalue weighted by Gasteiger charge is 2.11. The number of hydrogen-bond donors (Lipinski definition) is 2. The maximum absolute atomic E-state index is 12.0. The van der Waals surface area contributed by atoms with E-state index in [9.17, 15) is 9.59 Å². The minimum Gasteiger partial charge on any atom is -0.311 e. The van der Waals surface area contributed by atoms with Gasteiger partial charge in [-0.2, -0.15) is 5.10 Å². The van der Waals surface area contributed by atoms with E-state index in [-0.39, 0.29) is 17.9 Å². The molecule has 0 aliphatic carbocycles. The third kappa shape index (κ3) is 4.50. The van der Waals surface area contributed by atoms with Crippen LogP contribution in [0.3, 0.4) is 0 Å². The van der Waals surface area contributed by atoms with Gasteiger partial charge in [0.05, 0.1) is 12.1 Å². The molecule has 7 heteroatoms. The summed E-state index contributed by atoms with van der Waals surface area (Å²) in [4.78, 5) is 30.6. The number of aromatic nitrogens is 2. The molecule has 0 atom stereocenters. The maximum Gasteiger partial charge on any atom is 0.254 e. The molecule has 0 radical (unpaired) electrons. The Labute approximate surface area is 138 Å². The van der Waals surface area contributed by atoms with E-state index >= 15 is 0 Å². The van der Waals surface area contributed by atoms with Crippen molar-refractivity contribution >= 4 is 23.2 Å². The SMILES string of the molecule is C/C(=N/NC(=O)Cc1c(C)nc(C)[nH]c1=O)c1ccc(Cl)cc1. The van der Waals surface area contributed by atoms with Crippen LogP contribution < -0.4 is 11.0 Å². The van der Waals surface area contributed by atoms with E-state index in [1.54, 1.807) is 32.9 Å². The standard InChI is InChI=1S/C16H17ClN4O2/c1-9(12-4-6-13(17)7-5-12)20-21-15(22)8-14-10(2)18-11(3)19-16(14)23/h4-7H,8H2,1-3H3,(H,21,22)(H,18,19,23)/b20-9-. The van der Waals surface area contributed by atoms with Crippen molar-refractivity contribution in [2.75, 3.05) is 0 Å². The first-order valence-corrected chi connectivity index (χ1v) is 7.40. The van der Waals surface area contributed by atoms with Crippen molar-refractivity contribution in [1.82, 2.24) is 15.4 Å². The van der Waals surface area contributed by atoms with Gasteiger partial charge in [0.1, 0.15) is 5.82 Å². The molecule has 2 N–H and O–H groups in total. The average Bonchev–Trinajstić information content (AvgIpc) is 2.49. The van der Waals surface area contributed by atoms with Crippen LogP contribution in [0.25, 0.3) is 0 Å². The number of nitrogens with one attached hydrogen (secondary N) is 2. The van der Waals surface area contributed by atoms with E-state index in [0.29, 0.717) is 27.8 Å². The summed E-state index contributed by atoms with van der Waals surface area (Å²) in [6.07, 6.45) is -0.0775. The van der Waals surface area contributed by atoms with Crippen molar-refractivity contribution in [2.45, 2.75) is 27.2 Å². The molecule has 23 heavy (non-hydrogen) atoms. The summed E-state index contributed by atoms with van der Waals surface area (Å²) in [5, 5.41) is 4.67. The zero-order valence-electron chi connectivity index (χ0n) is 13.1. The van der Waals surface area contributed by atoms with Gasteiger partial charge in [-0.1, -0.05) is 23.7 Å². The molecular weight excluding hydrogens is 316 g/mol. The highest BCUT2D eigenvalue weighted by Crippen LogP contribution is 2.10. The summed E-state index contributed by atoms with van der Waals surface area (Å²) in [5.74, 6) is 0.144. The van der Waals surface area contributed by atoms with E-state index in [4.69, 9.17) is 11.6 Å². The molecule has 0 aliphatic rings. The van der Waals surface area contributed by atoms with Crippen LogP contribution in [0.5, 0.6) is 0 Å². The Morgan fingerprint density at radius 1 is 1.30 bits per heavy atom.